The van der Waals surface area contributed by atoms with Crippen molar-refractivity contribution < 1.29 is 11.0 Å². The van der Waals surface area contributed by atoms with E-state index in [2.05, 4.69) is 47.8 Å². The maximum absolute atomic E-state index is 12.8. The third kappa shape index (κ3) is 7.51. The van der Waals surface area contributed by atoms with Crippen molar-refractivity contribution in [2.45, 2.75) is 25.9 Å². The maximum atomic E-state index is 12.8. The summed E-state index contributed by atoms with van der Waals surface area (Å²) < 4.78 is 6.13. The molecule has 2 aromatic heterocycles. The zero-order valence-electron chi connectivity index (χ0n) is 22.5. The molecular formula is C28H37N9O2. The van der Waals surface area contributed by atoms with Gasteiger partial charge in [-0.05, 0) is 50.6 Å². The molecule has 0 aliphatic carbocycles. The van der Waals surface area contributed by atoms with E-state index in [-0.39, 0.29) is 13.4 Å². The maximum Gasteiger partial charge on any atom is 0.256 e. The van der Waals surface area contributed by atoms with Gasteiger partial charge in [-0.3, -0.25) is 9.79 Å². The first kappa shape index (κ1) is 27.5. The number of ether oxygens (including phenoxy) is 1. The molecular weight excluding hydrogens is 494 g/mol. The Labute approximate surface area is 230 Å². The van der Waals surface area contributed by atoms with Gasteiger partial charge in [-0.1, -0.05) is 18.2 Å². The van der Waals surface area contributed by atoms with Crippen molar-refractivity contribution in [1.29, 1.82) is 0 Å². The van der Waals surface area contributed by atoms with E-state index in [0.717, 1.165) is 42.8 Å². The normalized spacial score (nSPS) is 14.8. The van der Waals surface area contributed by atoms with E-state index >= 15 is 0 Å². The minimum absolute atomic E-state index is 0. The van der Waals surface area contributed by atoms with Gasteiger partial charge >= 0.3 is 0 Å². The molecule has 1 saturated heterocycles. The Morgan fingerprint density at radius 2 is 2.00 bits per heavy atom. The summed E-state index contributed by atoms with van der Waals surface area (Å²) in [7, 11) is 3.80. The number of hydrogen-bond acceptors (Lipinski definition) is 10. The van der Waals surface area contributed by atoms with Gasteiger partial charge in [0.1, 0.15) is 23.3 Å². The smallest absolute Gasteiger partial charge is 0.256 e. The molecule has 0 unspecified atom stereocenters. The summed E-state index contributed by atoms with van der Waals surface area (Å²) in [4.78, 5) is 32.7. The van der Waals surface area contributed by atoms with Crippen LogP contribution in [0.4, 0.5) is 23.3 Å². The number of nitrogens with two attached hydrogens (primary N) is 1. The third-order valence-electron chi connectivity index (χ3n) is 6.19. The van der Waals surface area contributed by atoms with Crippen LogP contribution in [0.15, 0.2) is 59.9 Å². The SMILES string of the molecule is CCNC(=O)c1cnc(Nc2cccc(/C(C=NC)=C/N)c2)nc1Nc1cccc(OC2CCN(C)CC2)n1.[HH]. The second kappa shape index (κ2) is 13.3. The molecule has 0 spiro atoms. The zero-order chi connectivity index (χ0) is 27.6. The van der Waals surface area contributed by atoms with Crippen molar-refractivity contribution in [3.05, 3.63) is 66.0 Å². The quantitative estimate of drug-likeness (QED) is 0.287. The zero-order valence-corrected chi connectivity index (χ0v) is 22.5. The predicted molar refractivity (Wildman–Crippen MR) is 157 cm³/mol. The van der Waals surface area contributed by atoms with Crippen LogP contribution in [0.5, 0.6) is 5.88 Å². The molecule has 0 bridgehead atoms. The van der Waals surface area contributed by atoms with Crippen LogP contribution in [0.3, 0.4) is 0 Å². The summed E-state index contributed by atoms with van der Waals surface area (Å²) in [5.74, 6) is 1.37. The van der Waals surface area contributed by atoms with Gasteiger partial charge in [0.2, 0.25) is 11.8 Å². The average molecular weight is 532 g/mol. The number of carbonyl (C=O) groups is 1. The van der Waals surface area contributed by atoms with Crippen molar-refractivity contribution in [3.63, 3.8) is 0 Å². The average Bonchev–Trinajstić information content (AvgIpc) is 2.93. The summed E-state index contributed by atoms with van der Waals surface area (Å²) in [6.45, 7) is 4.32. The summed E-state index contributed by atoms with van der Waals surface area (Å²) in [5.41, 5.74) is 8.48. The van der Waals surface area contributed by atoms with E-state index in [1.807, 2.05) is 43.3 Å². The molecule has 0 atom stereocenters. The van der Waals surface area contributed by atoms with Crippen molar-refractivity contribution in [2.24, 2.45) is 10.7 Å². The fourth-order valence-corrected chi connectivity index (χ4v) is 4.16. The first-order valence-electron chi connectivity index (χ1n) is 12.9. The van der Waals surface area contributed by atoms with Crippen molar-refractivity contribution >= 4 is 41.0 Å². The van der Waals surface area contributed by atoms with Crippen LogP contribution in [0, 0.1) is 0 Å². The first-order chi connectivity index (χ1) is 19.0. The lowest BCUT2D eigenvalue weighted by Gasteiger charge is -2.29. The fourth-order valence-electron chi connectivity index (χ4n) is 4.16. The minimum atomic E-state index is -0.288. The molecule has 1 aliphatic rings. The number of pyridine rings is 1. The lowest BCUT2D eigenvalue weighted by Crippen LogP contribution is -2.35. The van der Waals surface area contributed by atoms with Gasteiger partial charge in [0.15, 0.2) is 0 Å². The van der Waals surface area contributed by atoms with Crippen LogP contribution in [0.25, 0.3) is 5.57 Å². The number of piperidine rings is 1. The van der Waals surface area contributed by atoms with Crippen LogP contribution in [0.1, 0.15) is 37.1 Å². The number of amides is 1. The molecule has 39 heavy (non-hydrogen) atoms. The van der Waals surface area contributed by atoms with E-state index in [4.69, 9.17) is 10.5 Å². The first-order valence-corrected chi connectivity index (χ1v) is 12.9. The molecule has 0 radical (unpaired) electrons. The summed E-state index contributed by atoms with van der Waals surface area (Å²) in [5, 5.41) is 9.19. The second-order valence-electron chi connectivity index (χ2n) is 9.14. The highest BCUT2D eigenvalue weighted by Crippen LogP contribution is 2.24. The van der Waals surface area contributed by atoms with Crippen LogP contribution < -0.4 is 26.4 Å². The van der Waals surface area contributed by atoms with Crippen LogP contribution in [0.2, 0.25) is 0 Å². The molecule has 1 amide bonds. The number of anilines is 4. The van der Waals surface area contributed by atoms with Gasteiger partial charge in [0.05, 0.1) is 0 Å². The van der Waals surface area contributed by atoms with Crippen LogP contribution in [-0.2, 0) is 0 Å². The molecule has 4 rings (SSSR count). The lowest BCUT2D eigenvalue weighted by atomic mass is 10.1. The number of hydrogen-bond donors (Lipinski definition) is 4. The van der Waals surface area contributed by atoms with E-state index in [0.29, 0.717) is 35.6 Å². The number of rotatable bonds is 10. The van der Waals surface area contributed by atoms with Gasteiger partial charge < -0.3 is 31.3 Å². The van der Waals surface area contributed by atoms with Gasteiger partial charge in [0.25, 0.3) is 5.91 Å². The molecule has 206 valence electrons. The monoisotopic (exact) mass is 531 g/mol. The summed E-state index contributed by atoms with van der Waals surface area (Å²) >= 11 is 0. The molecule has 1 aromatic carbocycles. The van der Waals surface area contributed by atoms with Gasteiger partial charge in [-0.25, -0.2) is 4.98 Å². The van der Waals surface area contributed by atoms with Crippen LogP contribution in [-0.4, -0.2) is 71.8 Å². The Morgan fingerprint density at radius 1 is 1.21 bits per heavy atom. The Bertz CT molecular complexity index is 1340. The molecule has 1 fully saturated rings. The molecule has 0 saturated carbocycles. The second-order valence-corrected chi connectivity index (χ2v) is 9.14. The van der Waals surface area contributed by atoms with E-state index < -0.39 is 0 Å². The fraction of sp³-hybridized carbons (Fsp3) is 0.321. The summed E-state index contributed by atoms with van der Waals surface area (Å²) in [6, 6.07) is 13.1. The van der Waals surface area contributed by atoms with E-state index in [9.17, 15) is 4.79 Å². The van der Waals surface area contributed by atoms with E-state index in [1.54, 1.807) is 19.3 Å². The Hall–Kier alpha value is -4.51. The number of nitrogens with one attached hydrogen (secondary N) is 3. The lowest BCUT2D eigenvalue weighted by molar-refractivity contribution is 0.0956. The topological polar surface area (TPSA) is 143 Å². The molecule has 11 heteroatoms. The van der Waals surface area contributed by atoms with Crippen molar-refractivity contribution in [3.8, 4) is 5.88 Å². The van der Waals surface area contributed by atoms with Crippen LogP contribution >= 0.6 is 0 Å². The Balaban J connectivity index is 0.00000441. The third-order valence-corrected chi connectivity index (χ3v) is 6.19. The number of carbonyl (C=O) groups excluding carboxylic acids is 1. The molecule has 3 heterocycles. The molecule has 3 aromatic rings. The highest BCUT2D eigenvalue weighted by Gasteiger charge is 2.19. The van der Waals surface area contributed by atoms with Crippen molar-refractivity contribution in [1.82, 2.24) is 25.2 Å². The number of benzene rings is 1. The van der Waals surface area contributed by atoms with Gasteiger partial charge in [0, 0.05) is 64.0 Å². The molecule has 1 aliphatic heterocycles. The molecule has 11 nitrogen and oxygen atoms in total. The highest BCUT2D eigenvalue weighted by atomic mass is 16.5. The Kier molecular flexibility index (Phi) is 9.41. The van der Waals surface area contributed by atoms with Gasteiger partial charge in [-0.2, -0.15) is 9.97 Å². The van der Waals surface area contributed by atoms with Crippen molar-refractivity contribution in [2.75, 3.05) is 44.4 Å². The number of aliphatic imine (C=N–C) groups is 1. The number of likely N-dealkylation sites (tertiary alicyclic amines) is 1. The summed E-state index contributed by atoms with van der Waals surface area (Å²) in [6.07, 6.45) is 6.71. The number of nitrogens with zero attached hydrogens (tertiary/aromatic N) is 5. The largest absolute Gasteiger partial charge is 0.474 e. The molecule has 5 N–H and O–H groups in total. The minimum Gasteiger partial charge on any atom is -0.474 e. The van der Waals surface area contributed by atoms with Gasteiger partial charge in [-0.15, -0.1) is 0 Å². The predicted octanol–water partition coefficient (Wildman–Crippen LogP) is 3.83. The van der Waals surface area contributed by atoms with E-state index in [1.165, 1.54) is 12.4 Å². The number of allylic oxidation sites excluding steroid dienone is 1. The number of aromatic nitrogens is 3. The highest BCUT2D eigenvalue weighted by molar-refractivity contribution is 6.09. The Morgan fingerprint density at radius 3 is 2.74 bits per heavy atom. The standard InChI is InChI=1S/C28H35N9O2.H2/c1-4-31-27(38)23-18-32-28(33-21-8-5-7-19(15-21)20(16-29)17-30-2)36-26(23)35-24-9-6-10-25(34-24)39-22-11-13-37(3)14-12-22;/h5-10,15-18,22H,4,11-14,29H2,1-3H3,(H,31,38)(H2,32,33,34,35,36);1H/b20-16+,30-17?;.